The van der Waals surface area contributed by atoms with Gasteiger partial charge in [0.15, 0.2) is 0 Å². The second kappa shape index (κ2) is 9.78. The molecule has 1 atom stereocenters. The average Bonchev–Trinajstić information content (AvgIpc) is 2.52. The van der Waals surface area contributed by atoms with E-state index in [4.69, 9.17) is 4.74 Å². The van der Waals surface area contributed by atoms with Gasteiger partial charge in [-0.05, 0) is 77.8 Å². The van der Waals surface area contributed by atoms with E-state index < -0.39 is 0 Å². The van der Waals surface area contributed by atoms with Crippen LogP contribution in [-0.2, 0) is 4.74 Å². The maximum Gasteiger partial charge on any atom is 0.0587 e. The molecule has 2 fully saturated rings. The molecule has 0 spiro atoms. The Morgan fingerprint density at radius 2 is 1.90 bits per heavy atom. The van der Waals surface area contributed by atoms with Crippen molar-refractivity contribution in [1.82, 2.24) is 15.1 Å². The molecule has 1 unspecified atom stereocenters. The van der Waals surface area contributed by atoms with Crippen LogP contribution in [0.4, 0.5) is 0 Å². The summed E-state index contributed by atoms with van der Waals surface area (Å²) in [6, 6.07) is 0.840. The summed E-state index contributed by atoms with van der Waals surface area (Å²) in [6.45, 7) is 8.19. The molecule has 0 saturated carbocycles. The smallest absolute Gasteiger partial charge is 0.0587 e. The number of nitrogens with zero attached hydrogens (tertiary/aromatic N) is 2. The van der Waals surface area contributed by atoms with Crippen molar-refractivity contribution in [3.05, 3.63) is 0 Å². The lowest BCUT2D eigenvalue weighted by molar-refractivity contribution is 0.132. The van der Waals surface area contributed by atoms with E-state index in [0.717, 1.165) is 25.1 Å². The third kappa shape index (κ3) is 6.23. The van der Waals surface area contributed by atoms with Gasteiger partial charge in [-0.3, -0.25) is 0 Å². The molecule has 0 bridgehead atoms. The van der Waals surface area contributed by atoms with Crippen LogP contribution in [0.2, 0.25) is 0 Å². The molecular weight excluding hydrogens is 262 g/mol. The number of hydrogen-bond donors (Lipinski definition) is 1. The van der Waals surface area contributed by atoms with E-state index in [1.165, 1.54) is 71.2 Å². The molecule has 2 aliphatic rings. The molecule has 4 nitrogen and oxygen atoms in total. The predicted molar refractivity (Wildman–Crippen MR) is 88.8 cm³/mol. The van der Waals surface area contributed by atoms with E-state index in [9.17, 15) is 0 Å². The minimum absolute atomic E-state index is 0.827. The lowest BCUT2D eigenvalue weighted by Crippen LogP contribution is -2.42. The summed E-state index contributed by atoms with van der Waals surface area (Å²) in [5.74, 6) is 0.871. The molecule has 0 aliphatic carbocycles. The Balaban J connectivity index is 1.54. The number of methoxy groups -OCH3 is 1. The first-order valence-electron chi connectivity index (χ1n) is 8.92. The SMILES string of the molecule is COCCNCC1CCN(CCC2CCCCN2C)CC1. The van der Waals surface area contributed by atoms with Gasteiger partial charge in [-0.15, -0.1) is 0 Å². The van der Waals surface area contributed by atoms with Crippen molar-refractivity contribution in [1.29, 1.82) is 0 Å². The zero-order chi connectivity index (χ0) is 14.9. The highest BCUT2D eigenvalue weighted by Crippen LogP contribution is 2.20. The largest absolute Gasteiger partial charge is 0.383 e. The minimum Gasteiger partial charge on any atom is -0.383 e. The normalized spacial score (nSPS) is 26.3. The maximum atomic E-state index is 5.07. The Bertz CT molecular complexity index is 267. The minimum atomic E-state index is 0.827. The fourth-order valence-corrected chi connectivity index (χ4v) is 3.74. The van der Waals surface area contributed by atoms with Crippen LogP contribution in [0.25, 0.3) is 0 Å². The second-order valence-electron chi connectivity index (χ2n) is 6.90. The van der Waals surface area contributed by atoms with E-state index in [1.54, 1.807) is 7.11 Å². The van der Waals surface area contributed by atoms with Gasteiger partial charge in [0.2, 0.25) is 0 Å². The summed E-state index contributed by atoms with van der Waals surface area (Å²) in [4.78, 5) is 5.27. The Hall–Kier alpha value is -0.160. The van der Waals surface area contributed by atoms with Crippen LogP contribution in [-0.4, -0.2) is 75.9 Å². The summed E-state index contributed by atoms with van der Waals surface area (Å²) in [5.41, 5.74) is 0. The van der Waals surface area contributed by atoms with Gasteiger partial charge in [-0.2, -0.15) is 0 Å². The number of ether oxygens (including phenoxy) is 1. The highest BCUT2D eigenvalue weighted by atomic mass is 16.5. The molecule has 2 rings (SSSR count). The van der Waals surface area contributed by atoms with Gasteiger partial charge in [0.05, 0.1) is 6.61 Å². The standard InChI is InChI=1S/C17H35N3O/c1-19-10-4-3-5-17(19)8-13-20-11-6-16(7-12-20)15-18-9-14-21-2/h16-18H,3-15H2,1-2H3. The van der Waals surface area contributed by atoms with Gasteiger partial charge in [0.1, 0.15) is 0 Å². The first-order valence-corrected chi connectivity index (χ1v) is 8.92. The number of piperidine rings is 2. The van der Waals surface area contributed by atoms with Gasteiger partial charge in [0.25, 0.3) is 0 Å². The summed E-state index contributed by atoms with van der Waals surface area (Å²) in [5, 5.41) is 3.51. The molecule has 0 amide bonds. The molecular formula is C17H35N3O. The fourth-order valence-electron chi connectivity index (χ4n) is 3.74. The van der Waals surface area contributed by atoms with Crippen molar-refractivity contribution in [2.45, 2.75) is 44.6 Å². The van der Waals surface area contributed by atoms with Crippen LogP contribution in [0.15, 0.2) is 0 Å². The second-order valence-corrected chi connectivity index (χ2v) is 6.90. The van der Waals surface area contributed by atoms with Crippen LogP contribution in [0, 0.1) is 5.92 Å². The Kier molecular flexibility index (Phi) is 8.01. The van der Waals surface area contributed by atoms with Crippen molar-refractivity contribution >= 4 is 0 Å². The van der Waals surface area contributed by atoms with Crippen molar-refractivity contribution in [2.24, 2.45) is 5.92 Å². The van der Waals surface area contributed by atoms with Crippen LogP contribution in [0.1, 0.15) is 38.5 Å². The third-order valence-electron chi connectivity index (χ3n) is 5.32. The Labute approximate surface area is 131 Å². The monoisotopic (exact) mass is 297 g/mol. The first-order chi connectivity index (χ1) is 10.3. The molecule has 124 valence electrons. The average molecular weight is 297 g/mol. The highest BCUT2D eigenvalue weighted by molar-refractivity contribution is 4.78. The van der Waals surface area contributed by atoms with Gasteiger partial charge in [-0.25, -0.2) is 0 Å². The van der Waals surface area contributed by atoms with Gasteiger partial charge in [0, 0.05) is 19.7 Å². The van der Waals surface area contributed by atoms with Crippen molar-refractivity contribution in [3.63, 3.8) is 0 Å². The topological polar surface area (TPSA) is 27.7 Å². The molecule has 1 N–H and O–H groups in total. The quantitative estimate of drug-likeness (QED) is 0.692. The Morgan fingerprint density at radius 3 is 2.62 bits per heavy atom. The molecule has 2 aliphatic heterocycles. The zero-order valence-electron chi connectivity index (χ0n) is 14.1. The summed E-state index contributed by atoms with van der Waals surface area (Å²) in [7, 11) is 4.08. The predicted octanol–water partition coefficient (Wildman–Crippen LogP) is 1.81. The molecule has 2 heterocycles. The highest BCUT2D eigenvalue weighted by Gasteiger charge is 2.22. The van der Waals surface area contributed by atoms with E-state index in [1.807, 2.05) is 0 Å². The van der Waals surface area contributed by atoms with Gasteiger partial charge in [-0.1, -0.05) is 6.42 Å². The van der Waals surface area contributed by atoms with E-state index in [-0.39, 0.29) is 0 Å². The van der Waals surface area contributed by atoms with Crippen LogP contribution >= 0.6 is 0 Å². The molecule has 0 radical (unpaired) electrons. The molecule has 21 heavy (non-hydrogen) atoms. The molecule has 2 saturated heterocycles. The maximum absolute atomic E-state index is 5.07. The lowest BCUT2D eigenvalue weighted by Gasteiger charge is -2.36. The van der Waals surface area contributed by atoms with Gasteiger partial charge < -0.3 is 19.9 Å². The number of rotatable bonds is 8. The molecule has 4 heteroatoms. The van der Waals surface area contributed by atoms with Crippen molar-refractivity contribution in [2.75, 3.05) is 60.0 Å². The lowest BCUT2D eigenvalue weighted by atomic mass is 9.95. The molecule has 0 aromatic carbocycles. The third-order valence-corrected chi connectivity index (χ3v) is 5.32. The van der Waals surface area contributed by atoms with E-state index >= 15 is 0 Å². The molecule has 0 aromatic heterocycles. The Morgan fingerprint density at radius 1 is 1.10 bits per heavy atom. The molecule has 0 aromatic rings. The van der Waals surface area contributed by atoms with Crippen LogP contribution < -0.4 is 5.32 Å². The number of nitrogens with one attached hydrogen (secondary N) is 1. The number of hydrogen-bond acceptors (Lipinski definition) is 4. The summed E-state index contributed by atoms with van der Waals surface area (Å²) >= 11 is 0. The van der Waals surface area contributed by atoms with Crippen LogP contribution in [0.5, 0.6) is 0 Å². The van der Waals surface area contributed by atoms with Gasteiger partial charge >= 0.3 is 0 Å². The number of likely N-dealkylation sites (tertiary alicyclic amines) is 2. The van der Waals surface area contributed by atoms with E-state index in [2.05, 4.69) is 22.2 Å². The fraction of sp³-hybridized carbons (Fsp3) is 1.00. The summed E-state index contributed by atoms with van der Waals surface area (Å²) < 4.78 is 5.07. The summed E-state index contributed by atoms with van der Waals surface area (Å²) in [6.07, 6.45) is 8.34. The van der Waals surface area contributed by atoms with Crippen LogP contribution in [0.3, 0.4) is 0 Å². The zero-order valence-corrected chi connectivity index (χ0v) is 14.1. The van der Waals surface area contributed by atoms with E-state index in [0.29, 0.717) is 0 Å². The van der Waals surface area contributed by atoms with Crippen molar-refractivity contribution in [3.8, 4) is 0 Å². The first kappa shape index (κ1) is 17.2. The van der Waals surface area contributed by atoms with Crippen molar-refractivity contribution < 1.29 is 4.74 Å².